The molecule has 1 nitrogen and oxygen atoms in total. The summed E-state index contributed by atoms with van der Waals surface area (Å²) in [7, 11) is 0. The van der Waals surface area contributed by atoms with Gasteiger partial charge in [0.1, 0.15) is 0 Å². The van der Waals surface area contributed by atoms with E-state index in [1.165, 1.54) is 5.56 Å². The van der Waals surface area contributed by atoms with E-state index in [2.05, 4.69) is 43.4 Å². The highest BCUT2D eigenvalue weighted by Crippen LogP contribution is 2.33. The molecule has 2 rings (SSSR count). The fraction of sp³-hybridized carbons (Fsp3) is 0.294. The summed E-state index contributed by atoms with van der Waals surface area (Å²) in [5.74, 6) is 0.438. The molecular weight excluding hydrogens is 289 g/mol. The van der Waals surface area contributed by atoms with Crippen LogP contribution in [0.15, 0.2) is 42.5 Å². The van der Waals surface area contributed by atoms with Gasteiger partial charge in [-0.2, -0.15) is 0 Å². The van der Waals surface area contributed by atoms with Crippen molar-refractivity contribution in [3.05, 3.63) is 63.6 Å². The Bertz CT molecular complexity index is 579. The van der Waals surface area contributed by atoms with Gasteiger partial charge in [0.05, 0.1) is 16.8 Å². The van der Waals surface area contributed by atoms with Crippen molar-refractivity contribution in [2.24, 2.45) is 5.92 Å². The van der Waals surface area contributed by atoms with Gasteiger partial charge in [-0.05, 0) is 36.1 Å². The first kappa shape index (κ1) is 15.2. The number of nitrogens with one attached hydrogen (secondary N) is 1. The zero-order valence-electron chi connectivity index (χ0n) is 12.0. The van der Waals surface area contributed by atoms with E-state index in [9.17, 15) is 0 Å². The highest BCUT2D eigenvalue weighted by Gasteiger charge is 2.17. The van der Waals surface area contributed by atoms with Crippen molar-refractivity contribution in [1.82, 2.24) is 0 Å². The molecule has 0 saturated heterocycles. The summed E-state index contributed by atoms with van der Waals surface area (Å²) >= 11 is 12.5. The van der Waals surface area contributed by atoms with Gasteiger partial charge in [0, 0.05) is 5.02 Å². The lowest BCUT2D eigenvalue weighted by Crippen LogP contribution is -2.17. The number of hydrogen-bond donors (Lipinski definition) is 1. The molecule has 0 heterocycles. The SMILES string of the molecule is Cc1cc(Cl)c(NC(c2ccccc2)C(C)C)cc1Cl. The summed E-state index contributed by atoms with van der Waals surface area (Å²) in [5, 5.41) is 4.95. The van der Waals surface area contributed by atoms with Crippen LogP contribution in [0.4, 0.5) is 5.69 Å². The molecule has 0 amide bonds. The first-order valence-electron chi connectivity index (χ1n) is 6.76. The summed E-state index contributed by atoms with van der Waals surface area (Å²) in [5.41, 5.74) is 3.11. The minimum atomic E-state index is 0.201. The number of halogens is 2. The summed E-state index contributed by atoms with van der Waals surface area (Å²) in [6.07, 6.45) is 0. The van der Waals surface area contributed by atoms with Crippen LogP contribution in [0.3, 0.4) is 0 Å². The Balaban J connectivity index is 2.32. The van der Waals surface area contributed by atoms with E-state index in [-0.39, 0.29) is 6.04 Å². The van der Waals surface area contributed by atoms with Gasteiger partial charge in [-0.25, -0.2) is 0 Å². The van der Waals surface area contributed by atoms with Gasteiger partial charge in [-0.1, -0.05) is 67.4 Å². The van der Waals surface area contributed by atoms with Crippen LogP contribution < -0.4 is 5.32 Å². The van der Waals surface area contributed by atoms with Crippen LogP contribution in [0.25, 0.3) is 0 Å². The lowest BCUT2D eigenvalue weighted by molar-refractivity contribution is 0.546. The Labute approximate surface area is 130 Å². The normalized spacial score (nSPS) is 12.5. The molecule has 0 aliphatic carbocycles. The third kappa shape index (κ3) is 3.47. The van der Waals surface area contributed by atoms with Gasteiger partial charge in [-0.3, -0.25) is 0 Å². The van der Waals surface area contributed by atoms with Crippen LogP contribution in [0.5, 0.6) is 0 Å². The van der Waals surface area contributed by atoms with Gasteiger partial charge >= 0.3 is 0 Å². The van der Waals surface area contributed by atoms with E-state index < -0.39 is 0 Å². The minimum Gasteiger partial charge on any atom is -0.377 e. The standard InChI is InChI=1S/C17H19Cl2N/c1-11(2)17(13-7-5-4-6-8-13)20-16-10-14(18)12(3)9-15(16)19/h4-11,17,20H,1-3H3. The highest BCUT2D eigenvalue weighted by atomic mass is 35.5. The molecule has 0 aliphatic heterocycles. The maximum Gasteiger partial charge on any atom is 0.0641 e. The van der Waals surface area contributed by atoms with Crippen molar-refractivity contribution in [3.63, 3.8) is 0 Å². The molecule has 0 aliphatic rings. The molecule has 1 atom stereocenters. The molecule has 0 radical (unpaired) electrons. The average Bonchev–Trinajstić information content (AvgIpc) is 2.42. The Kier molecular flexibility index (Phi) is 4.95. The number of rotatable bonds is 4. The summed E-state index contributed by atoms with van der Waals surface area (Å²) in [4.78, 5) is 0. The second kappa shape index (κ2) is 6.51. The van der Waals surface area contributed by atoms with Crippen LogP contribution in [0.1, 0.15) is 31.0 Å². The van der Waals surface area contributed by atoms with Crippen molar-refractivity contribution in [2.45, 2.75) is 26.8 Å². The van der Waals surface area contributed by atoms with Gasteiger partial charge in [0.25, 0.3) is 0 Å². The van der Waals surface area contributed by atoms with Gasteiger partial charge in [-0.15, -0.1) is 0 Å². The fourth-order valence-corrected chi connectivity index (χ4v) is 2.66. The Morgan fingerprint density at radius 1 is 0.950 bits per heavy atom. The molecule has 1 N–H and O–H groups in total. The minimum absolute atomic E-state index is 0.201. The second-order valence-corrected chi connectivity index (χ2v) is 6.17. The third-order valence-corrected chi connectivity index (χ3v) is 4.10. The van der Waals surface area contributed by atoms with E-state index in [0.29, 0.717) is 10.9 Å². The molecule has 0 aromatic heterocycles. The molecule has 20 heavy (non-hydrogen) atoms. The average molecular weight is 308 g/mol. The van der Waals surface area contributed by atoms with Crippen LogP contribution in [0, 0.1) is 12.8 Å². The predicted octanol–water partition coefficient (Wildman–Crippen LogP) is 6.11. The second-order valence-electron chi connectivity index (χ2n) is 5.36. The number of anilines is 1. The molecule has 2 aromatic carbocycles. The van der Waals surface area contributed by atoms with Crippen LogP contribution in [0.2, 0.25) is 10.0 Å². The molecule has 106 valence electrons. The Morgan fingerprint density at radius 2 is 1.60 bits per heavy atom. The Hall–Kier alpha value is -1.18. The number of aryl methyl sites for hydroxylation is 1. The van der Waals surface area contributed by atoms with Crippen LogP contribution in [-0.4, -0.2) is 0 Å². The Morgan fingerprint density at radius 3 is 2.20 bits per heavy atom. The van der Waals surface area contributed by atoms with Crippen molar-refractivity contribution in [2.75, 3.05) is 5.32 Å². The quantitative estimate of drug-likeness (QED) is 0.718. The monoisotopic (exact) mass is 307 g/mol. The van der Waals surface area contributed by atoms with Gasteiger partial charge in [0.15, 0.2) is 0 Å². The lowest BCUT2D eigenvalue weighted by atomic mass is 9.95. The molecule has 1 unspecified atom stereocenters. The van der Waals surface area contributed by atoms with Crippen molar-refractivity contribution in [1.29, 1.82) is 0 Å². The first-order chi connectivity index (χ1) is 9.49. The molecule has 0 fully saturated rings. The zero-order chi connectivity index (χ0) is 14.7. The van der Waals surface area contributed by atoms with E-state index in [0.717, 1.165) is 16.3 Å². The van der Waals surface area contributed by atoms with E-state index in [1.54, 1.807) is 0 Å². The maximum atomic E-state index is 6.32. The zero-order valence-corrected chi connectivity index (χ0v) is 13.5. The molecule has 3 heteroatoms. The molecule has 0 bridgehead atoms. The maximum absolute atomic E-state index is 6.32. The van der Waals surface area contributed by atoms with E-state index in [1.807, 2.05) is 25.1 Å². The van der Waals surface area contributed by atoms with Crippen molar-refractivity contribution >= 4 is 28.9 Å². The molecule has 2 aromatic rings. The third-order valence-electron chi connectivity index (χ3n) is 3.38. The topological polar surface area (TPSA) is 12.0 Å². The molecule has 0 saturated carbocycles. The van der Waals surface area contributed by atoms with Crippen LogP contribution in [-0.2, 0) is 0 Å². The summed E-state index contributed by atoms with van der Waals surface area (Å²) in [6.45, 7) is 6.33. The van der Waals surface area contributed by atoms with Crippen molar-refractivity contribution in [3.8, 4) is 0 Å². The molecular formula is C17H19Cl2N. The number of hydrogen-bond acceptors (Lipinski definition) is 1. The smallest absolute Gasteiger partial charge is 0.0641 e. The fourth-order valence-electron chi connectivity index (χ4n) is 2.22. The number of benzene rings is 2. The van der Waals surface area contributed by atoms with Gasteiger partial charge < -0.3 is 5.32 Å². The van der Waals surface area contributed by atoms with E-state index >= 15 is 0 Å². The lowest BCUT2D eigenvalue weighted by Gasteiger charge is -2.25. The highest BCUT2D eigenvalue weighted by molar-refractivity contribution is 6.35. The van der Waals surface area contributed by atoms with Crippen LogP contribution >= 0.6 is 23.2 Å². The van der Waals surface area contributed by atoms with Crippen molar-refractivity contribution < 1.29 is 0 Å². The van der Waals surface area contributed by atoms with Gasteiger partial charge in [0.2, 0.25) is 0 Å². The molecule has 0 spiro atoms. The predicted molar refractivity (Wildman–Crippen MR) is 88.8 cm³/mol. The largest absolute Gasteiger partial charge is 0.377 e. The summed E-state index contributed by atoms with van der Waals surface area (Å²) in [6, 6.07) is 14.4. The first-order valence-corrected chi connectivity index (χ1v) is 7.51. The summed E-state index contributed by atoms with van der Waals surface area (Å²) < 4.78 is 0. The van der Waals surface area contributed by atoms with E-state index in [4.69, 9.17) is 23.2 Å².